The van der Waals surface area contributed by atoms with Crippen LogP contribution < -0.4 is 4.90 Å². The number of amides is 2. The molecule has 4 rings (SSSR count). The number of anilines is 1. The molecule has 0 N–H and O–H groups in total. The SMILES string of the molecule is Cc1ccc(-c2nc(N3C(=O)C4CCCCC4C3=O)sc2C)cc1. The Balaban J connectivity index is 1.70. The molecular formula is C19H20N2O2S. The van der Waals surface area contributed by atoms with Crippen LogP contribution in [-0.4, -0.2) is 16.8 Å². The number of aryl methyl sites for hydroxylation is 2. The van der Waals surface area contributed by atoms with E-state index >= 15 is 0 Å². The Labute approximate surface area is 145 Å². The number of carbonyl (C=O) groups is 2. The van der Waals surface area contributed by atoms with E-state index < -0.39 is 0 Å². The Morgan fingerprint density at radius 3 is 2.17 bits per heavy atom. The number of nitrogens with zero attached hydrogens (tertiary/aromatic N) is 2. The molecule has 2 unspecified atom stereocenters. The van der Waals surface area contributed by atoms with Crippen molar-refractivity contribution in [3.8, 4) is 11.3 Å². The lowest BCUT2D eigenvalue weighted by Crippen LogP contribution is -2.30. The van der Waals surface area contributed by atoms with Gasteiger partial charge in [-0.05, 0) is 26.7 Å². The van der Waals surface area contributed by atoms with Gasteiger partial charge in [0.1, 0.15) is 0 Å². The minimum atomic E-state index is -0.127. The molecule has 124 valence electrons. The van der Waals surface area contributed by atoms with E-state index in [2.05, 4.69) is 17.1 Å². The Bertz CT molecular complexity index is 785. The quantitative estimate of drug-likeness (QED) is 0.773. The van der Waals surface area contributed by atoms with Crippen molar-refractivity contribution in [3.05, 3.63) is 34.7 Å². The molecule has 5 heteroatoms. The summed E-state index contributed by atoms with van der Waals surface area (Å²) in [5.74, 6) is -0.348. The Morgan fingerprint density at radius 2 is 1.58 bits per heavy atom. The largest absolute Gasteiger partial charge is 0.274 e. The lowest BCUT2D eigenvalue weighted by atomic mass is 9.81. The van der Waals surface area contributed by atoms with Gasteiger partial charge in [-0.3, -0.25) is 9.59 Å². The van der Waals surface area contributed by atoms with Gasteiger partial charge in [-0.25, -0.2) is 9.88 Å². The molecule has 1 saturated heterocycles. The molecule has 1 saturated carbocycles. The molecule has 2 atom stereocenters. The summed E-state index contributed by atoms with van der Waals surface area (Å²) in [6.07, 6.45) is 3.75. The first-order valence-electron chi connectivity index (χ1n) is 8.48. The van der Waals surface area contributed by atoms with E-state index in [0.29, 0.717) is 5.13 Å². The van der Waals surface area contributed by atoms with Crippen LogP contribution in [0, 0.1) is 25.7 Å². The standard InChI is InChI=1S/C19H20N2O2S/c1-11-7-9-13(10-8-11)16-12(2)24-19(20-16)21-17(22)14-5-3-4-6-15(14)18(21)23/h7-10,14-15H,3-6H2,1-2H3. The molecule has 1 aromatic heterocycles. The third-order valence-corrected chi connectivity index (χ3v) is 6.10. The van der Waals surface area contributed by atoms with Crippen LogP contribution in [0.4, 0.5) is 5.13 Å². The van der Waals surface area contributed by atoms with Gasteiger partial charge in [0.15, 0.2) is 5.13 Å². The van der Waals surface area contributed by atoms with E-state index in [9.17, 15) is 9.59 Å². The summed E-state index contributed by atoms with van der Waals surface area (Å²) in [4.78, 5) is 32.5. The lowest BCUT2D eigenvalue weighted by molar-refractivity contribution is -0.122. The molecule has 2 fully saturated rings. The molecule has 2 aliphatic rings. The second-order valence-electron chi connectivity index (χ2n) is 6.78. The highest BCUT2D eigenvalue weighted by Gasteiger charge is 2.49. The summed E-state index contributed by atoms with van der Waals surface area (Å²) < 4.78 is 0. The van der Waals surface area contributed by atoms with E-state index in [4.69, 9.17) is 0 Å². The van der Waals surface area contributed by atoms with Gasteiger partial charge < -0.3 is 0 Å². The summed E-state index contributed by atoms with van der Waals surface area (Å²) in [6, 6.07) is 8.17. The van der Waals surface area contributed by atoms with Gasteiger partial charge in [0.2, 0.25) is 11.8 Å². The zero-order valence-electron chi connectivity index (χ0n) is 13.9. The lowest BCUT2D eigenvalue weighted by Gasteiger charge is -2.19. The van der Waals surface area contributed by atoms with Crippen molar-refractivity contribution in [2.75, 3.05) is 4.90 Å². The Kier molecular flexibility index (Phi) is 3.76. The third kappa shape index (κ3) is 2.38. The molecule has 1 aliphatic carbocycles. The summed E-state index contributed by atoms with van der Waals surface area (Å²) >= 11 is 1.44. The van der Waals surface area contributed by atoms with Gasteiger partial charge in [0.25, 0.3) is 0 Å². The number of carbonyl (C=O) groups excluding carboxylic acids is 2. The van der Waals surface area contributed by atoms with Crippen LogP contribution >= 0.6 is 11.3 Å². The van der Waals surface area contributed by atoms with Crippen molar-refractivity contribution < 1.29 is 9.59 Å². The van der Waals surface area contributed by atoms with Gasteiger partial charge >= 0.3 is 0 Å². The molecule has 2 amide bonds. The van der Waals surface area contributed by atoms with Gasteiger partial charge in [-0.1, -0.05) is 42.7 Å². The minimum Gasteiger partial charge on any atom is -0.274 e. The van der Waals surface area contributed by atoms with Gasteiger partial charge in [-0.2, -0.15) is 0 Å². The van der Waals surface area contributed by atoms with E-state index in [1.54, 1.807) is 0 Å². The first kappa shape index (κ1) is 15.5. The maximum atomic E-state index is 12.7. The number of thiazole rings is 1. The average molecular weight is 340 g/mol. The number of benzene rings is 1. The van der Waals surface area contributed by atoms with Crippen LogP contribution in [0.25, 0.3) is 11.3 Å². The highest BCUT2D eigenvalue weighted by atomic mass is 32.1. The van der Waals surface area contributed by atoms with E-state index in [1.165, 1.54) is 21.8 Å². The summed E-state index contributed by atoms with van der Waals surface area (Å²) in [7, 11) is 0. The Morgan fingerprint density at radius 1 is 1.00 bits per heavy atom. The maximum absolute atomic E-state index is 12.7. The van der Waals surface area contributed by atoms with Crippen molar-refractivity contribution in [2.24, 2.45) is 11.8 Å². The average Bonchev–Trinajstić information content (AvgIpc) is 3.07. The van der Waals surface area contributed by atoms with Crippen molar-refractivity contribution in [1.82, 2.24) is 4.98 Å². The molecule has 24 heavy (non-hydrogen) atoms. The van der Waals surface area contributed by atoms with Crippen LogP contribution in [0.15, 0.2) is 24.3 Å². The van der Waals surface area contributed by atoms with Crippen LogP contribution in [-0.2, 0) is 9.59 Å². The van der Waals surface area contributed by atoms with Crippen LogP contribution in [0.5, 0.6) is 0 Å². The first-order valence-corrected chi connectivity index (χ1v) is 9.30. The zero-order chi connectivity index (χ0) is 16.8. The zero-order valence-corrected chi connectivity index (χ0v) is 14.7. The van der Waals surface area contributed by atoms with E-state index in [1.807, 2.05) is 26.0 Å². The second-order valence-corrected chi connectivity index (χ2v) is 7.96. The predicted molar refractivity (Wildman–Crippen MR) is 95.0 cm³/mol. The number of hydrogen-bond donors (Lipinski definition) is 0. The topological polar surface area (TPSA) is 50.3 Å². The fourth-order valence-electron chi connectivity index (χ4n) is 3.81. The van der Waals surface area contributed by atoms with Gasteiger partial charge in [-0.15, -0.1) is 11.3 Å². The van der Waals surface area contributed by atoms with E-state index in [-0.39, 0.29) is 23.7 Å². The fourth-order valence-corrected chi connectivity index (χ4v) is 4.75. The molecule has 2 aromatic rings. The van der Waals surface area contributed by atoms with Crippen LogP contribution in [0.2, 0.25) is 0 Å². The second kappa shape index (κ2) is 5.81. The van der Waals surface area contributed by atoms with E-state index in [0.717, 1.165) is 41.8 Å². The van der Waals surface area contributed by atoms with Gasteiger partial charge in [0, 0.05) is 10.4 Å². The molecular weight excluding hydrogens is 320 g/mol. The normalized spacial score (nSPS) is 23.7. The van der Waals surface area contributed by atoms with Crippen molar-refractivity contribution >= 4 is 28.3 Å². The molecule has 1 aromatic carbocycles. The fraction of sp³-hybridized carbons (Fsp3) is 0.421. The smallest absolute Gasteiger partial charge is 0.239 e. The monoisotopic (exact) mass is 340 g/mol. The molecule has 0 bridgehead atoms. The molecule has 0 radical (unpaired) electrons. The Hall–Kier alpha value is -2.01. The number of aromatic nitrogens is 1. The summed E-state index contributed by atoms with van der Waals surface area (Å²) in [6.45, 7) is 4.04. The number of imide groups is 1. The highest BCUT2D eigenvalue weighted by molar-refractivity contribution is 7.16. The molecule has 2 heterocycles. The summed E-state index contributed by atoms with van der Waals surface area (Å²) in [5.41, 5.74) is 3.09. The molecule has 1 aliphatic heterocycles. The van der Waals surface area contributed by atoms with Crippen molar-refractivity contribution in [3.63, 3.8) is 0 Å². The van der Waals surface area contributed by atoms with Crippen LogP contribution in [0.3, 0.4) is 0 Å². The highest BCUT2D eigenvalue weighted by Crippen LogP contribution is 2.42. The maximum Gasteiger partial charge on any atom is 0.239 e. The van der Waals surface area contributed by atoms with Crippen LogP contribution in [0.1, 0.15) is 36.1 Å². The number of hydrogen-bond acceptors (Lipinski definition) is 4. The van der Waals surface area contributed by atoms with Crippen molar-refractivity contribution in [2.45, 2.75) is 39.5 Å². The third-order valence-electron chi connectivity index (χ3n) is 5.14. The molecule has 4 nitrogen and oxygen atoms in total. The number of fused-ring (bicyclic) bond motifs is 1. The first-order chi connectivity index (χ1) is 11.6. The molecule has 0 spiro atoms. The summed E-state index contributed by atoms with van der Waals surface area (Å²) in [5, 5.41) is 0.535. The predicted octanol–water partition coefficient (Wildman–Crippen LogP) is 4.11. The van der Waals surface area contributed by atoms with Gasteiger partial charge in [0.05, 0.1) is 17.5 Å². The minimum absolute atomic E-state index is 0.0473. The number of rotatable bonds is 2. The van der Waals surface area contributed by atoms with Crippen molar-refractivity contribution in [1.29, 1.82) is 0 Å².